The van der Waals surface area contributed by atoms with Crippen LogP contribution < -0.4 is 0 Å². The van der Waals surface area contributed by atoms with Crippen molar-refractivity contribution in [2.45, 2.75) is 76.3 Å². The third-order valence-corrected chi connectivity index (χ3v) is 8.53. The molecule has 152 valence electrons. The zero-order valence-electron chi connectivity index (χ0n) is 17.1. The number of hydrogen-bond donors (Lipinski definition) is 0. The predicted octanol–water partition coefficient (Wildman–Crippen LogP) is 3.09. The average molecular weight is 387 g/mol. The minimum atomic E-state index is -0.558. The molecular weight excluding hydrogens is 358 g/mol. The van der Waals surface area contributed by atoms with Crippen LogP contribution in [-0.2, 0) is 23.7 Å². The molecule has 6 heteroatoms. The Morgan fingerprint density at radius 2 is 2.18 bits per heavy atom. The van der Waals surface area contributed by atoms with Gasteiger partial charge in [0.05, 0.1) is 30.2 Å². The number of nitrogens with zero attached hydrogens (tertiary/aromatic N) is 1. The lowest BCUT2D eigenvalue weighted by Crippen LogP contribution is -2.61. The van der Waals surface area contributed by atoms with Gasteiger partial charge in [-0.25, -0.2) is 4.79 Å². The first kappa shape index (κ1) is 17.3. The quantitative estimate of drug-likeness (QED) is 0.691. The van der Waals surface area contributed by atoms with Crippen molar-refractivity contribution in [2.75, 3.05) is 13.7 Å². The maximum absolute atomic E-state index is 12.2. The van der Waals surface area contributed by atoms with Crippen LogP contribution in [0.1, 0.15) is 52.9 Å². The minimum Gasteiger partial charge on any atom is -0.492 e. The predicted molar refractivity (Wildman–Crippen MR) is 99.6 cm³/mol. The number of rotatable bonds is 4. The zero-order valence-corrected chi connectivity index (χ0v) is 17.1. The van der Waals surface area contributed by atoms with Gasteiger partial charge >= 0.3 is 5.97 Å². The van der Waals surface area contributed by atoms with Crippen LogP contribution in [0.15, 0.2) is 22.9 Å². The lowest BCUT2D eigenvalue weighted by Gasteiger charge is -2.48. The number of ether oxygens (including phenoxy) is 4. The summed E-state index contributed by atoms with van der Waals surface area (Å²) < 4.78 is 24.7. The van der Waals surface area contributed by atoms with Crippen LogP contribution in [0.4, 0.5) is 0 Å². The monoisotopic (exact) mass is 387 g/mol. The highest BCUT2D eigenvalue weighted by molar-refractivity contribution is 5.93. The van der Waals surface area contributed by atoms with Gasteiger partial charge in [-0.2, -0.15) is 0 Å². The number of carbonyl (C=O) groups is 1. The number of unbranched alkanes of at least 4 members (excludes halogenated alkanes) is 1. The number of fused-ring (bicyclic) bond motifs is 1. The van der Waals surface area contributed by atoms with Gasteiger partial charge in [0.15, 0.2) is 5.76 Å². The van der Waals surface area contributed by atoms with Gasteiger partial charge in [-0.3, -0.25) is 4.90 Å². The molecule has 0 amide bonds. The lowest BCUT2D eigenvalue weighted by molar-refractivity contribution is -0.256. The molecule has 1 unspecified atom stereocenters. The van der Waals surface area contributed by atoms with Crippen molar-refractivity contribution < 1.29 is 23.7 Å². The molecule has 6 rings (SSSR count). The van der Waals surface area contributed by atoms with E-state index < -0.39 is 5.79 Å². The number of methoxy groups -OCH3 is 1. The van der Waals surface area contributed by atoms with Crippen LogP contribution in [-0.4, -0.2) is 48.0 Å². The molecular formula is C22H29NO5. The van der Waals surface area contributed by atoms with Crippen LogP contribution in [0, 0.1) is 17.8 Å². The van der Waals surface area contributed by atoms with E-state index in [9.17, 15) is 4.79 Å². The second-order valence-electron chi connectivity index (χ2n) is 9.42. The van der Waals surface area contributed by atoms with E-state index >= 15 is 0 Å². The Morgan fingerprint density at radius 1 is 1.36 bits per heavy atom. The maximum atomic E-state index is 12.2. The fourth-order valence-corrected chi connectivity index (χ4v) is 7.64. The summed E-state index contributed by atoms with van der Waals surface area (Å²) in [6.07, 6.45) is 6.15. The molecule has 0 aromatic heterocycles. The molecule has 0 aliphatic carbocycles. The highest BCUT2D eigenvalue weighted by Gasteiger charge is 2.84. The van der Waals surface area contributed by atoms with E-state index in [2.05, 4.69) is 18.7 Å². The molecule has 5 saturated heterocycles. The van der Waals surface area contributed by atoms with Gasteiger partial charge in [0.2, 0.25) is 11.5 Å². The van der Waals surface area contributed by atoms with E-state index in [1.807, 2.05) is 0 Å². The van der Waals surface area contributed by atoms with Crippen molar-refractivity contribution in [3.8, 4) is 0 Å². The molecule has 8 atom stereocenters. The molecule has 5 fully saturated rings. The van der Waals surface area contributed by atoms with Crippen LogP contribution in [0.2, 0.25) is 0 Å². The zero-order chi connectivity index (χ0) is 19.4. The van der Waals surface area contributed by atoms with Gasteiger partial charge in [0.1, 0.15) is 5.76 Å². The molecule has 0 aromatic carbocycles. The number of hydrogen-bond acceptors (Lipinski definition) is 6. The lowest BCUT2D eigenvalue weighted by atomic mass is 9.69. The van der Waals surface area contributed by atoms with Crippen LogP contribution in [0.25, 0.3) is 0 Å². The molecule has 0 N–H and O–H groups in total. The van der Waals surface area contributed by atoms with E-state index in [0.29, 0.717) is 29.1 Å². The summed E-state index contributed by atoms with van der Waals surface area (Å²) in [4.78, 5) is 14.9. The molecule has 0 saturated carbocycles. The first-order chi connectivity index (χ1) is 13.5. The number of piperidine rings is 1. The number of esters is 1. The van der Waals surface area contributed by atoms with Crippen LogP contribution in [0.3, 0.4) is 0 Å². The third kappa shape index (κ3) is 1.65. The third-order valence-electron chi connectivity index (χ3n) is 8.53. The van der Waals surface area contributed by atoms with Gasteiger partial charge in [-0.1, -0.05) is 26.7 Å². The van der Waals surface area contributed by atoms with Gasteiger partial charge in [0.25, 0.3) is 0 Å². The van der Waals surface area contributed by atoms with Gasteiger partial charge in [-0.15, -0.1) is 0 Å². The van der Waals surface area contributed by atoms with E-state index in [0.717, 1.165) is 25.1 Å². The summed E-state index contributed by atoms with van der Waals surface area (Å²) in [5.74, 6) is 1.64. The van der Waals surface area contributed by atoms with Gasteiger partial charge in [-0.05, 0) is 32.7 Å². The fourth-order valence-electron chi connectivity index (χ4n) is 7.64. The number of allylic oxidation sites excluding steroid dienone is 1. The largest absolute Gasteiger partial charge is 0.492 e. The average Bonchev–Trinajstić information content (AvgIpc) is 3.38. The summed E-state index contributed by atoms with van der Waals surface area (Å²) in [6, 6.07) is 0.496. The second-order valence-corrected chi connectivity index (χ2v) is 9.42. The Morgan fingerprint density at radius 3 is 2.93 bits per heavy atom. The van der Waals surface area contributed by atoms with Crippen molar-refractivity contribution in [3.63, 3.8) is 0 Å². The first-order valence-electron chi connectivity index (χ1n) is 10.8. The molecule has 5 bridgehead atoms. The number of cyclic esters (lactones) is 1. The highest BCUT2D eigenvalue weighted by Crippen LogP contribution is 2.73. The summed E-state index contributed by atoms with van der Waals surface area (Å²) in [6.45, 7) is 7.37. The van der Waals surface area contributed by atoms with Crippen molar-refractivity contribution in [1.29, 1.82) is 0 Å². The first-order valence-corrected chi connectivity index (χ1v) is 10.8. The Labute approximate surface area is 165 Å². The van der Waals surface area contributed by atoms with Gasteiger partial charge < -0.3 is 18.9 Å². The van der Waals surface area contributed by atoms with E-state index in [1.165, 1.54) is 19.3 Å². The van der Waals surface area contributed by atoms with Crippen molar-refractivity contribution in [1.82, 2.24) is 4.90 Å². The molecule has 6 heterocycles. The Hall–Kier alpha value is -1.53. The maximum Gasteiger partial charge on any atom is 0.343 e. The Kier molecular flexibility index (Phi) is 3.30. The standard InChI is InChI=1S/C22H29NO5/c1-5-6-8-21-14-7-9-23(21)13-10-15(21)27-22(14)16(13)11(2)18(28-22)19-17(25-4)12(3)20(24)26-19/h11,13-16H,5-10H2,1-4H3/b19-18+/t11-,13-,14+,15-,16+,21-,22+/m0/s1. The molecule has 1 spiro atoms. The molecule has 0 aromatic rings. The molecule has 6 aliphatic heterocycles. The van der Waals surface area contributed by atoms with E-state index in [-0.39, 0.29) is 29.4 Å². The fraction of sp³-hybridized carbons (Fsp3) is 0.773. The molecule has 0 radical (unpaired) electrons. The van der Waals surface area contributed by atoms with E-state index in [4.69, 9.17) is 18.9 Å². The van der Waals surface area contributed by atoms with Crippen molar-refractivity contribution in [2.24, 2.45) is 17.8 Å². The van der Waals surface area contributed by atoms with Crippen molar-refractivity contribution in [3.05, 3.63) is 22.9 Å². The van der Waals surface area contributed by atoms with E-state index in [1.54, 1.807) is 14.0 Å². The highest BCUT2D eigenvalue weighted by atomic mass is 16.7. The topological polar surface area (TPSA) is 57.2 Å². The summed E-state index contributed by atoms with van der Waals surface area (Å²) in [5, 5.41) is 0. The molecule has 6 nitrogen and oxygen atoms in total. The second kappa shape index (κ2) is 5.33. The van der Waals surface area contributed by atoms with Crippen molar-refractivity contribution >= 4 is 5.97 Å². The molecule has 28 heavy (non-hydrogen) atoms. The Balaban J connectivity index is 1.46. The normalized spacial score (nSPS) is 52.5. The summed E-state index contributed by atoms with van der Waals surface area (Å²) in [7, 11) is 1.58. The number of carbonyl (C=O) groups excluding carboxylic acids is 1. The Bertz CT molecular complexity index is 833. The minimum absolute atomic E-state index is 0.134. The summed E-state index contributed by atoms with van der Waals surface area (Å²) in [5.41, 5.74) is 0.659. The van der Waals surface area contributed by atoms with Crippen LogP contribution >= 0.6 is 0 Å². The van der Waals surface area contributed by atoms with Gasteiger partial charge in [0, 0.05) is 17.9 Å². The smallest absolute Gasteiger partial charge is 0.343 e. The summed E-state index contributed by atoms with van der Waals surface area (Å²) >= 11 is 0. The van der Waals surface area contributed by atoms with Crippen LogP contribution in [0.5, 0.6) is 0 Å². The SMILES string of the molecule is CCCC[C@@]12[C@@H]3C[C@H]4[C@H]5[C@H](C)/C(=C6\OC(=O)C(C)=C6OC)O[C@]5(O3)[C@@H]1CCN42. The molecule has 6 aliphatic rings.